The number of methoxy groups -OCH3 is 1. The first-order valence-electron chi connectivity index (χ1n) is 5.15. The number of aromatic amines is 1. The Kier molecular flexibility index (Phi) is 2.80. The Morgan fingerprint density at radius 2 is 2.06 bits per heavy atom. The number of aromatic nitrogens is 2. The van der Waals surface area contributed by atoms with Gasteiger partial charge in [0.05, 0.1) is 11.0 Å². The maximum Gasteiger partial charge on any atom is 0.139 e. The van der Waals surface area contributed by atoms with Crippen molar-refractivity contribution in [3.05, 3.63) is 28.0 Å². The number of fused-ring (bicyclic) bond motifs is 1. The molecule has 0 fully saturated rings. The molecule has 16 heavy (non-hydrogen) atoms. The second kappa shape index (κ2) is 3.86. The van der Waals surface area contributed by atoms with E-state index in [1.807, 2.05) is 19.9 Å². The Morgan fingerprint density at radius 1 is 1.38 bits per heavy atom. The number of hydrogen-bond donors (Lipinski definition) is 1. The van der Waals surface area contributed by atoms with Crippen molar-refractivity contribution in [3.63, 3.8) is 0 Å². The second-order valence-corrected chi connectivity index (χ2v) is 5.33. The van der Waals surface area contributed by atoms with Gasteiger partial charge in [-0.2, -0.15) is 0 Å². The summed E-state index contributed by atoms with van der Waals surface area (Å²) in [4.78, 5) is 7.90. The summed E-state index contributed by atoms with van der Waals surface area (Å²) in [6, 6.07) is 4.09. The van der Waals surface area contributed by atoms with Gasteiger partial charge in [-0.25, -0.2) is 4.98 Å². The first kappa shape index (κ1) is 11.6. The summed E-state index contributed by atoms with van der Waals surface area (Å²) in [5.41, 5.74) is 2.80. The third-order valence-corrected chi connectivity index (χ3v) is 3.28. The van der Waals surface area contributed by atoms with Gasteiger partial charge in [0.2, 0.25) is 0 Å². The molecule has 0 bridgehead atoms. The smallest absolute Gasteiger partial charge is 0.139 e. The second-order valence-electron chi connectivity index (χ2n) is 4.42. The molecule has 0 unspecified atom stereocenters. The van der Waals surface area contributed by atoms with Crippen LogP contribution in [-0.2, 0) is 10.3 Å². The molecular formula is C12H15BrN2O. The Labute approximate surface area is 103 Å². The summed E-state index contributed by atoms with van der Waals surface area (Å²) >= 11 is 3.48. The molecule has 0 aliphatic carbocycles. The van der Waals surface area contributed by atoms with Crippen molar-refractivity contribution in [2.24, 2.45) is 0 Å². The molecule has 4 heteroatoms. The number of aryl methyl sites for hydroxylation is 1. The SMILES string of the molecule is COC(C)(C)c1nc2c(C)cc(Br)cc2[nH]1. The topological polar surface area (TPSA) is 37.9 Å². The fraction of sp³-hybridized carbons (Fsp3) is 0.417. The first-order valence-corrected chi connectivity index (χ1v) is 5.95. The minimum Gasteiger partial charge on any atom is -0.371 e. The van der Waals surface area contributed by atoms with E-state index in [4.69, 9.17) is 4.74 Å². The van der Waals surface area contributed by atoms with Crippen molar-refractivity contribution < 1.29 is 4.74 Å². The molecule has 1 N–H and O–H groups in total. The van der Waals surface area contributed by atoms with Gasteiger partial charge < -0.3 is 9.72 Å². The van der Waals surface area contributed by atoms with Crippen molar-refractivity contribution in [2.75, 3.05) is 7.11 Å². The predicted molar refractivity (Wildman–Crippen MR) is 68.6 cm³/mol. The lowest BCUT2D eigenvalue weighted by atomic mass is 10.1. The molecule has 86 valence electrons. The van der Waals surface area contributed by atoms with Gasteiger partial charge in [-0.15, -0.1) is 0 Å². The molecular weight excluding hydrogens is 268 g/mol. The highest BCUT2D eigenvalue weighted by Crippen LogP contribution is 2.27. The third-order valence-electron chi connectivity index (χ3n) is 2.82. The fourth-order valence-corrected chi connectivity index (χ4v) is 2.20. The fourth-order valence-electron chi connectivity index (χ4n) is 1.63. The molecule has 3 nitrogen and oxygen atoms in total. The average Bonchev–Trinajstić information content (AvgIpc) is 2.62. The molecule has 0 atom stereocenters. The van der Waals surface area contributed by atoms with Gasteiger partial charge in [-0.05, 0) is 38.5 Å². The van der Waals surface area contributed by atoms with Crippen molar-refractivity contribution in [1.29, 1.82) is 0 Å². The first-order chi connectivity index (χ1) is 7.44. The van der Waals surface area contributed by atoms with E-state index in [0.29, 0.717) is 0 Å². The molecule has 2 aromatic rings. The number of H-pyrrole nitrogens is 1. The monoisotopic (exact) mass is 282 g/mol. The predicted octanol–water partition coefficient (Wildman–Crippen LogP) is 3.52. The number of benzene rings is 1. The normalized spacial score (nSPS) is 12.3. The highest BCUT2D eigenvalue weighted by atomic mass is 79.9. The molecule has 0 amide bonds. The van der Waals surface area contributed by atoms with E-state index in [2.05, 4.69) is 38.9 Å². The van der Waals surface area contributed by atoms with Gasteiger partial charge in [0.1, 0.15) is 11.4 Å². The van der Waals surface area contributed by atoms with E-state index in [1.54, 1.807) is 7.11 Å². The maximum atomic E-state index is 5.42. The van der Waals surface area contributed by atoms with Crippen LogP contribution in [0, 0.1) is 6.92 Å². The van der Waals surface area contributed by atoms with E-state index in [1.165, 1.54) is 0 Å². The summed E-state index contributed by atoms with van der Waals surface area (Å²) in [6.07, 6.45) is 0. The van der Waals surface area contributed by atoms with E-state index in [0.717, 1.165) is 26.9 Å². The minimum atomic E-state index is -0.391. The maximum absolute atomic E-state index is 5.42. The van der Waals surface area contributed by atoms with E-state index in [-0.39, 0.29) is 0 Å². The lowest BCUT2D eigenvalue weighted by molar-refractivity contribution is 0.0124. The lowest BCUT2D eigenvalue weighted by Gasteiger charge is -2.19. The van der Waals surface area contributed by atoms with Crippen molar-refractivity contribution in [2.45, 2.75) is 26.4 Å². The van der Waals surface area contributed by atoms with Crippen LogP contribution in [0.5, 0.6) is 0 Å². The highest BCUT2D eigenvalue weighted by Gasteiger charge is 2.24. The number of nitrogens with one attached hydrogen (secondary N) is 1. The minimum absolute atomic E-state index is 0.391. The zero-order valence-electron chi connectivity index (χ0n) is 9.89. The molecule has 0 spiro atoms. The number of imidazole rings is 1. The molecule has 0 aliphatic rings. The average molecular weight is 283 g/mol. The standard InChI is InChI=1S/C12H15BrN2O/c1-7-5-8(13)6-9-10(7)15-11(14-9)12(2,3)16-4/h5-6H,1-4H3,(H,14,15). The van der Waals surface area contributed by atoms with Gasteiger partial charge in [0.25, 0.3) is 0 Å². The van der Waals surface area contributed by atoms with E-state index in [9.17, 15) is 0 Å². The largest absolute Gasteiger partial charge is 0.371 e. The van der Waals surface area contributed by atoms with Crippen molar-refractivity contribution in [1.82, 2.24) is 9.97 Å². The summed E-state index contributed by atoms with van der Waals surface area (Å²) in [6.45, 7) is 6.04. The van der Waals surface area contributed by atoms with Crippen LogP contribution < -0.4 is 0 Å². The summed E-state index contributed by atoms with van der Waals surface area (Å²) in [7, 11) is 1.69. The zero-order valence-corrected chi connectivity index (χ0v) is 11.5. The molecule has 0 radical (unpaired) electrons. The van der Waals surface area contributed by atoms with Crippen LogP contribution in [0.1, 0.15) is 25.2 Å². The third kappa shape index (κ3) is 1.87. The quantitative estimate of drug-likeness (QED) is 0.915. The van der Waals surface area contributed by atoms with Crippen molar-refractivity contribution in [3.8, 4) is 0 Å². The van der Waals surface area contributed by atoms with Crippen LogP contribution in [-0.4, -0.2) is 17.1 Å². The van der Waals surface area contributed by atoms with Crippen LogP contribution in [0.4, 0.5) is 0 Å². The van der Waals surface area contributed by atoms with Gasteiger partial charge in [-0.3, -0.25) is 0 Å². The van der Waals surface area contributed by atoms with Crippen LogP contribution in [0.3, 0.4) is 0 Å². The van der Waals surface area contributed by atoms with E-state index >= 15 is 0 Å². The van der Waals surface area contributed by atoms with Gasteiger partial charge in [0, 0.05) is 11.6 Å². The Morgan fingerprint density at radius 3 is 2.69 bits per heavy atom. The lowest BCUT2D eigenvalue weighted by Crippen LogP contribution is -2.21. The molecule has 0 aliphatic heterocycles. The van der Waals surface area contributed by atoms with Crippen molar-refractivity contribution >= 4 is 27.0 Å². The summed E-state index contributed by atoms with van der Waals surface area (Å²) in [5.74, 6) is 0.853. The number of halogens is 1. The Balaban J connectivity index is 2.65. The molecule has 1 aromatic heterocycles. The molecule has 1 heterocycles. The molecule has 0 saturated heterocycles. The highest BCUT2D eigenvalue weighted by molar-refractivity contribution is 9.10. The summed E-state index contributed by atoms with van der Waals surface area (Å²) in [5, 5.41) is 0. The number of hydrogen-bond acceptors (Lipinski definition) is 2. The van der Waals surface area contributed by atoms with Crippen LogP contribution in [0.15, 0.2) is 16.6 Å². The van der Waals surface area contributed by atoms with Gasteiger partial charge >= 0.3 is 0 Å². The number of ether oxygens (including phenoxy) is 1. The van der Waals surface area contributed by atoms with Crippen LogP contribution in [0.2, 0.25) is 0 Å². The van der Waals surface area contributed by atoms with Gasteiger partial charge in [0.15, 0.2) is 0 Å². The Hall–Kier alpha value is -0.870. The van der Waals surface area contributed by atoms with Crippen LogP contribution >= 0.6 is 15.9 Å². The molecule has 0 saturated carbocycles. The van der Waals surface area contributed by atoms with E-state index < -0.39 is 5.60 Å². The molecule has 2 rings (SSSR count). The zero-order chi connectivity index (χ0) is 11.9. The van der Waals surface area contributed by atoms with Gasteiger partial charge in [-0.1, -0.05) is 15.9 Å². The number of rotatable bonds is 2. The molecule has 1 aromatic carbocycles. The number of nitrogens with zero attached hydrogens (tertiary/aromatic N) is 1. The Bertz CT molecular complexity index is 531. The van der Waals surface area contributed by atoms with Crippen LogP contribution in [0.25, 0.3) is 11.0 Å². The summed E-state index contributed by atoms with van der Waals surface area (Å²) < 4.78 is 6.48.